The molecule has 3 aliphatic heterocycles. The first-order valence-corrected chi connectivity index (χ1v) is 14.2. The van der Waals surface area contributed by atoms with Crippen LogP contribution >= 0.6 is 11.3 Å². The molecule has 3 saturated heterocycles. The first-order chi connectivity index (χ1) is 18.5. The predicted molar refractivity (Wildman–Crippen MR) is 139 cm³/mol. The largest absolute Gasteiger partial charge is 0.542 e. The van der Waals surface area contributed by atoms with Crippen molar-refractivity contribution in [3.63, 3.8) is 0 Å². The van der Waals surface area contributed by atoms with E-state index >= 15 is 0 Å². The van der Waals surface area contributed by atoms with Gasteiger partial charge in [0.1, 0.15) is 12.5 Å². The number of nitrogens with zero attached hydrogens (tertiary/aromatic N) is 1. The van der Waals surface area contributed by atoms with E-state index in [1.165, 1.54) is 16.9 Å². The Morgan fingerprint density at radius 1 is 1.05 bits per heavy atom. The van der Waals surface area contributed by atoms with Crippen molar-refractivity contribution in [3.8, 4) is 0 Å². The Hall–Kier alpha value is -2.69. The van der Waals surface area contributed by atoms with E-state index in [1.807, 2.05) is 23.6 Å². The van der Waals surface area contributed by atoms with E-state index in [-0.39, 0.29) is 12.0 Å². The fourth-order valence-corrected chi connectivity index (χ4v) is 7.01. The standard InChI is InChI=1S/C27H34NO3S.C2HF3O2/c29-26(27(30,23-11-4-5-12-23)25-13-7-19-32-25)31-24-20-28(17-14-22(24)15-18-28)16-6-10-21-8-2-1-3-9-21;3-2(4,5)1(6)7/h1-3,6-10,13,19,22-24,30H,4-5,11-12,14-18,20H2;(H,6,7)/q+1;/p-1/t22?,24-,27+,28?;/m0./s1. The van der Waals surface area contributed by atoms with Gasteiger partial charge in [0.15, 0.2) is 11.7 Å². The number of thiophene rings is 1. The zero-order valence-corrected chi connectivity index (χ0v) is 22.5. The Morgan fingerprint density at radius 3 is 2.26 bits per heavy atom. The van der Waals surface area contributed by atoms with Crippen LogP contribution in [0.2, 0.25) is 0 Å². The quantitative estimate of drug-likeness (QED) is 0.400. The third-order valence-corrected chi connectivity index (χ3v) is 9.28. The van der Waals surface area contributed by atoms with Crippen molar-refractivity contribution in [1.82, 2.24) is 0 Å². The minimum atomic E-state index is -5.19. The number of carboxylic acids is 1. The van der Waals surface area contributed by atoms with E-state index in [1.54, 1.807) is 0 Å². The molecule has 1 saturated carbocycles. The zero-order valence-electron chi connectivity index (χ0n) is 21.6. The molecule has 1 N–H and O–H groups in total. The summed E-state index contributed by atoms with van der Waals surface area (Å²) in [5.41, 5.74) is -0.271. The number of alkyl halides is 3. The number of carbonyl (C=O) groups is 2. The lowest BCUT2D eigenvalue weighted by Crippen LogP contribution is -2.65. The van der Waals surface area contributed by atoms with Crippen LogP contribution in [0.3, 0.4) is 0 Å². The Balaban J connectivity index is 0.000000448. The highest BCUT2D eigenvalue weighted by Crippen LogP contribution is 2.44. The second kappa shape index (κ2) is 12.2. The maximum absolute atomic E-state index is 13.5. The summed E-state index contributed by atoms with van der Waals surface area (Å²) in [6.07, 6.45) is 5.31. The highest BCUT2D eigenvalue weighted by molar-refractivity contribution is 7.10. The van der Waals surface area contributed by atoms with Gasteiger partial charge in [0.05, 0.1) is 19.6 Å². The molecule has 6 rings (SSSR count). The van der Waals surface area contributed by atoms with Crippen LogP contribution in [0, 0.1) is 11.8 Å². The summed E-state index contributed by atoms with van der Waals surface area (Å²) < 4.78 is 38.7. The molecule has 39 heavy (non-hydrogen) atoms. The summed E-state index contributed by atoms with van der Waals surface area (Å²) in [6.45, 7) is 4.12. The predicted octanol–water partition coefficient (Wildman–Crippen LogP) is 4.29. The third kappa shape index (κ3) is 6.91. The number of halogens is 3. The number of piperidine rings is 3. The number of ether oxygens (including phenoxy) is 1. The van der Waals surface area contributed by atoms with E-state index < -0.39 is 23.7 Å². The second-order valence-corrected chi connectivity index (χ2v) is 11.7. The Kier molecular flexibility index (Phi) is 9.18. The van der Waals surface area contributed by atoms with Gasteiger partial charge in [0.2, 0.25) is 0 Å². The van der Waals surface area contributed by atoms with Gasteiger partial charge in [-0.15, -0.1) is 11.3 Å². The summed E-state index contributed by atoms with van der Waals surface area (Å²) in [5.74, 6) is -3.03. The van der Waals surface area contributed by atoms with E-state index in [0.29, 0.717) is 5.92 Å². The molecule has 6 nitrogen and oxygen atoms in total. The van der Waals surface area contributed by atoms with Crippen molar-refractivity contribution in [3.05, 3.63) is 64.4 Å². The first-order valence-electron chi connectivity index (χ1n) is 13.4. The maximum atomic E-state index is 13.5. The summed E-state index contributed by atoms with van der Waals surface area (Å²) in [6, 6.07) is 14.2. The molecule has 2 aromatic rings. The van der Waals surface area contributed by atoms with Gasteiger partial charge in [-0.1, -0.05) is 55.3 Å². The van der Waals surface area contributed by atoms with Crippen LogP contribution in [-0.4, -0.2) is 60.0 Å². The molecular weight excluding hydrogens is 531 g/mol. The summed E-state index contributed by atoms with van der Waals surface area (Å²) in [5, 5.41) is 22.4. The number of aliphatic carboxylic acids is 1. The summed E-state index contributed by atoms with van der Waals surface area (Å²) in [7, 11) is 0. The lowest BCUT2D eigenvalue weighted by Gasteiger charge is -2.52. The molecule has 4 aliphatic rings. The Labute approximate surface area is 230 Å². The van der Waals surface area contributed by atoms with Crippen molar-refractivity contribution < 1.29 is 42.2 Å². The lowest BCUT2D eigenvalue weighted by atomic mass is 9.82. The minimum absolute atomic E-state index is 0.0355. The second-order valence-electron chi connectivity index (χ2n) is 10.8. The molecule has 4 fully saturated rings. The Morgan fingerprint density at radius 2 is 1.69 bits per heavy atom. The molecule has 0 radical (unpaired) electrons. The SMILES string of the molecule is O=C(O[C@H]1C[N+]2(CC=Cc3ccccc3)CCC1CC2)[C@](O)(c1cccs1)C1CCCC1.O=C([O-])C(F)(F)F. The van der Waals surface area contributed by atoms with E-state index in [9.17, 15) is 23.1 Å². The average Bonchev–Trinajstić information content (AvgIpc) is 3.65. The third-order valence-electron chi connectivity index (χ3n) is 8.29. The fraction of sp³-hybridized carbons (Fsp3) is 0.517. The van der Waals surface area contributed by atoms with Crippen LogP contribution in [0.15, 0.2) is 53.9 Å². The van der Waals surface area contributed by atoms with Crippen LogP contribution in [0.5, 0.6) is 0 Å². The monoisotopic (exact) mass is 565 g/mol. The van der Waals surface area contributed by atoms with Crippen molar-refractivity contribution in [2.24, 2.45) is 11.8 Å². The van der Waals surface area contributed by atoms with Gasteiger partial charge in [-0.2, -0.15) is 13.2 Å². The molecule has 212 valence electrons. The van der Waals surface area contributed by atoms with Crippen molar-refractivity contribution in [1.29, 1.82) is 0 Å². The average molecular weight is 566 g/mol. The summed E-state index contributed by atoms with van der Waals surface area (Å²) in [4.78, 5) is 23.0. The molecule has 0 unspecified atom stereocenters. The molecule has 4 heterocycles. The van der Waals surface area contributed by atoms with E-state index in [0.717, 1.165) is 74.1 Å². The molecular formula is C29H34F3NO5S. The number of rotatable bonds is 7. The van der Waals surface area contributed by atoms with Crippen molar-refractivity contribution in [2.75, 3.05) is 26.2 Å². The van der Waals surface area contributed by atoms with Gasteiger partial charge in [0.25, 0.3) is 0 Å². The van der Waals surface area contributed by atoms with Gasteiger partial charge < -0.3 is 24.2 Å². The number of carboxylic acid groups (broad SMARTS) is 1. The number of esters is 1. The van der Waals surface area contributed by atoms with Crippen molar-refractivity contribution >= 4 is 29.4 Å². The molecule has 1 aromatic carbocycles. The lowest BCUT2D eigenvalue weighted by molar-refractivity contribution is -0.941. The molecule has 1 aromatic heterocycles. The number of hydrogen-bond donors (Lipinski definition) is 1. The molecule has 0 amide bonds. The summed E-state index contributed by atoms with van der Waals surface area (Å²) >= 11 is 1.47. The van der Waals surface area contributed by atoms with E-state index in [4.69, 9.17) is 14.6 Å². The highest BCUT2D eigenvalue weighted by Gasteiger charge is 2.52. The molecule has 10 heteroatoms. The normalized spacial score (nSPS) is 26.6. The smallest absolute Gasteiger partial charge is 0.430 e. The number of fused-ring (bicyclic) bond motifs is 3. The number of quaternary nitrogens is 1. The topological polar surface area (TPSA) is 86.7 Å². The number of aliphatic hydroxyl groups is 1. The van der Waals surface area contributed by atoms with Crippen LogP contribution in [0.4, 0.5) is 13.2 Å². The molecule has 2 atom stereocenters. The molecule has 1 aliphatic carbocycles. The number of benzene rings is 1. The first kappa shape index (κ1) is 29.3. The maximum Gasteiger partial charge on any atom is 0.430 e. The zero-order chi connectivity index (χ0) is 28.1. The minimum Gasteiger partial charge on any atom is -0.542 e. The van der Waals surface area contributed by atoms with Crippen LogP contribution in [-0.2, 0) is 19.9 Å². The van der Waals surface area contributed by atoms with Gasteiger partial charge in [-0.3, -0.25) is 0 Å². The van der Waals surface area contributed by atoms with E-state index in [2.05, 4.69) is 36.4 Å². The Bertz CT molecular complexity index is 1120. The van der Waals surface area contributed by atoms with Crippen LogP contribution in [0.1, 0.15) is 49.0 Å². The number of hydrogen-bond acceptors (Lipinski definition) is 6. The molecule has 2 bridgehead atoms. The van der Waals surface area contributed by atoms with Gasteiger partial charge in [-0.05, 0) is 35.9 Å². The number of carbonyl (C=O) groups excluding carboxylic acids is 2. The van der Waals surface area contributed by atoms with Crippen LogP contribution < -0.4 is 5.11 Å². The van der Waals surface area contributed by atoms with Gasteiger partial charge in [0, 0.05) is 29.6 Å². The molecule has 0 spiro atoms. The highest BCUT2D eigenvalue weighted by atomic mass is 32.1. The van der Waals surface area contributed by atoms with Crippen molar-refractivity contribution in [2.45, 2.75) is 56.4 Å². The van der Waals surface area contributed by atoms with Gasteiger partial charge >= 0.3 is 12.1 Å². The van der Waals surface area contributed by atoms with Crippen LogP contribution in [0.25, 0.3) is 6.08 Å². The van der Waals surface area contributed by atoms with Gasteiger partial charge in [-0.25, -0.2) is 4.79 Å². The fourth-order valence-electron chi connectivity index (χ4n) is 6.12.